The van der Waals surface area contributed by atoms with Gasteiger partial charge in [-0.25, -0.2) is 9.97 Å². The number of fused-ring (bicyclic) bond motifs is 1. The normalized spacial score (nSPS) is 17.7. The molecule has 0 unspecified atom stereocenters. The van der Waals surface area contributed by atoms with Crippen molar-refractivity contribution >= 4 is 23.3 Å². The van der Waals surface area contributed by atoms with Gasteiger partial charge in [-0.05, 0) is 60.9 Å². The van der Waals surface area contributed by atoms with E-state index in [1.54, 1.807) is 0 Å². The van der Waals surface area contributed by atoms with Crippen molar-refractivity contribution in [3.05, 3.63) is 87.2 Å². The van der Waals surface area contributed by atoms with Gasteiger partial charge in [0.2, 0.25) is 5.95 Å². The summed E-state index contributed by atoms with van der Waals surface area (Å²) >= 11 is 5.95. The van der Waals surface area contributed by atoms with E-state index < -0.39 is 0 Å². The predicted octanol–water partition coefficient (Wildman–Crippen LogP) is 6.68. The average molecular weight is 463 g/mol. The Morgan fingerprint density at radius 1 is 1.18 bits per heavy atom. The van der Waals surface area contributed by atoms with E-state index >= 15 is 0 Å². The van der Waals surface area contributed by atoms with Crippen molar-refractivity contribution in [1.82, 2.24) is 9.97 Å². The molecule has 0 saturated heterocycles. The van der Waals surface area contributed by atoms with Gasteiger partial charge in [-0.3, -0.25) is 0 Å². The lowest BCUT2D eigenvalue weighted by atomic mass is 10.0. The fraction of sp³-hybridized carbons (Fsp3) is 0.370. The first kappa shape index (κ1) is 23.2. The van der Waals surface area contributed by atoms with E-state index in [-0.39, 0.29) is 6.04 Å². The molecule has 33 heavy (non-hydrogen) atoms. The van der Waals surface area contributed by atoms with Crippen molar-refractivity contribution in [3.8, 4) is 0 Å². The van der Waals surface area contributed by atoms with E-state index in [0.29, 0.717) is 23.5 Å². The van der Waals surface area contributed by atoms with Gasteiger partial charge in [0.1, 0.15) is 6.61 Å². The number of hydrogen-bond acceptors (Lipinski definition) is 5. The molecule has 1 N–H and O–H groups in total. The minimum atomic E-state index is 0.220. The Bertz CT molecular complexity index is 1140. The maximum atomic E-state index is 5.95. The van der Waals surface area contributed by atoms with Crippen LogP contribution < -0.4 is 5.32 Å². The van der Waals surface area contributed by atoms with Crippen molar-refractivity contribution < 1.29 is 4.84 Å². The van der Waals surface area contributed by atoms with Gasteiger partial charge < -0.3 is 10.2 Å². The summed E-state index contributed by atoms with van der Waals surface area (Å²) in [6.07, 6.45) is 4.47. The highest BCUT2D eigenvalue weighted by Crippen LogP contribution is 2.38. The van der Waals surface area contributed by atoms with Crippen molar-refractivity contribution in [2.75, 3.05) is 5.32 Å². The van der Waals surface area contributed by atoms with Crippen LogP contribution >= 0.6 is 11.6 Å². The summed E-state index contributed by atoms with van der Waals surface area (Å²) < 4.78 is 0. The largest absolute Gasteiger partial charge is 0.391 e. The molecule has 1 aromatic heterocycles. The van der Waals surface area contributed by atoms with Gasteiger partial charge in [-0.15, -0.1) is 0 Å². The number of halogens is 1. The van der Waals surface area contributed by atoms with Crippen LogP contribution in [-0.2, 0) is 24.3 Å². The smallest absolute Gasteiger partial charge is 0.223 e. The molecule has 0 spiro atoms. The quantitative estimate of drug-likeness (QED) is 0.299. The van der Waals surface area contributed by atoms with Gasteiger partial charge in [0.15, 0.2) is 0 Å². The van der Waals surface area contributed by atoms with E-state index in [1.165, 1.54) is 16.7 Å². The first-order valence-corrected chi connectivity index (χ1v) is 12.0. The molecule has 0 amide bonds. The summed E-state index contributed by atoms with van der Waals surface area (Å²) in [5.74, 6) is 1.16. The number of nitrogens with one attached hydrogen (secondary N) is 1. The molecule has 3 aromatic rings. The van der Waals surface area contributed by atoms with Crippen LogP contribution in [0.5, 0.6) is 0 Å². The summed E-state index contributed by atoms with van der Waals surface area (Å²) in [6, 6.07) is 14.5. The molecule has 0 radical (unpaired) electrons. The van der Waals surface area contributed by atoms with E-state index in [9.17, 15) is 0 Å². The first-order chi connectivity index (χ1) is 16.0. The van der Waals surface area contributed by atoms with Crippen LogP contribution in [-0.4, -0.2) is 15.7 Å². The molecule has 2 atom stereocenters. The Hall–Kier alpha value is -2.92. The molecule has 5 nitrogen and oxygen atoms in total. The standard InChI is InChI=1S/C27H31ClN4O/c1-5-24-23(25(6-2)32-33-16-19-8-11-21(28)12-9-19)15-29-27(30-24)31-26-18(4)14-20-10-7-17(3)13-22(20)26/h7-13,15,18,26H,5-6,14,16H2,1-4H3,(H,29,30,31)/b32-25-/t18-,26+/m0/s1. The summed E-state index contributed by atoms with van der Waals surface area (Å²) in [5.41, 5.74) is 7.84. The lowest BCUT2D eigenvalue weighted by molar-refractivity contribution is 0.130. The number of aromatic nitrogens is 2. The second-order valence-electron chi connectivity index (χ2n) is 8.70. The molecule has 172 valence electrons. The molecule has 2 aromatic carbocycles. The van der Waals surface area contributed by atoms with E-state index in [1.807, 2.05) is 30.5 Å². The maximum Gasteiger partial charge on any atom is 0.223 e. The number of aryl methyl sites for hydroxylation is 2. The highest BCUT2D eigenvalue weighted by atomic mass is 35.5. The number of nitrogens with zero attached hydrogens (tertiary/aromatic N) is 3. The monoisotopic (exact) mass is 462 g/mol. The van der Waals surface area contributed by atoms with E-state index in [2.05, 4.69) is 61.4 Å². The SMILES string of the molecule is CC/C(=N/OCc1ccc(Cl)cc1)c1cnc(N[C@H]2c3cc(C)ccc3C[C@@H]2C)nc1CC. The van der Waals surface area contributed by atoms with Crippen molar-refractivity contribution in [3.63, 3.8) is 0 Å². The molecule has 4 rings (SSSR count). The average Bonchev–Trinajstić information content (AvgIpc) is 3.12. The third-order valence-electron chi connectivity index (χ3n) is 6.20. The molecule has 0 saturated carbocycles. The molecule has 0 aliphatic heterocycles. The fourth-order valence-electron chi connectivity index (χ4n) is 4.39. The zero-order valence-corrected chi connectivity index (χ0v) is 20.5. The van der Waals surface area contributed by atoms with Crippen LogP contribution in [0.4, 0.5) is 5.95 Å². The van der Waals surface area contributed by atoms with E-state index in [0.717, 1.165) is 41.8 Å². The van der Waals surface area contributed by atoms with Crippen LogP contribution in [0.25, 0.3) is 0 Å². The Labute approximate surface area is 201 Å². The summed E-state index contributed by atoms with van der Waals surface area (Å²) in [7, 11) is 0. The van der Waals surface area contributed by atoms with Crippen LogP contribution in [0.2, 0.25) is 5.02 Å². The summed E-state index contributed by atoms with van der Waals surface area (Å²) in [5, 5.41) is 8.71. The highest BCUT2D eigenvalue weighted by Gasteiger charge is 2.30. The summed E-state index contributed by atoms with van der Waals surface area (Å²) in [4.78, 5) is 15.2. The Morgan fingerprint density at radius 3 is 2.70 bits per heavy atom. The van der Waals surface area contributed by atoms with Gasteiger partial charge in [-0.1, -0.05) is 73.4 Å². The first-order valence-electron chi connectivity index (χ1n) is 11.6. The topological polar surface area (TPSA) is 59.4 Å². The molecule has 1 heterocycles. The Kier molecular flexibility index (Phi) is 7.29. The van der Waals surface area contributed by atoms with Crippen molar-refractivity contribution in [2.45, 2.75) is 59.6 Å². The molecule has 0 bridgehead atoms. The van der Waals surface area contributed by atoms with Crippen molar-refractivity contribution in [2.24, 2.45) is 11.1 Å². The minimum absolute atomic E-state index is 0.220. The van der Waals surface area contributed by atoms with Gasteiger partial charge in [-0.2, -0.15) is 0 Å². The highest BCUT2D eigenvalue weighted by molar-refractivity contribution is 6.30. The summed E-state index contributed by atoms with van der Waals surface area (Å²) in [6.45, 7) is 8.98. The predicted molar refractivity (Wildman–Crippen MR) is 135 cm³/mol. The third kappa shape index (κ3) is 5.36. The zero-order valence-electron chi connectivity index (χ0n) is 19.7. The molecular formula is C27H31ClN4O. The van der Waals surface area contributed by atoms with Crippen molar-refractivity contribution in [1.29, 1.82) is 0 Å². The lowest BCUT2D eigenvalue weighted by Crippen LogP contribution is -2.18. The Balaban J connectivity index is 1.51. The van der Waals surface area contributed by atoms with Crippen LogP contribution in [0.1, 0.15) is 66.7 Å². The van der Waals surface area contributed by atoms with Crippen LogP contribution in [0, 0.1) is 12.8 Å². The molecule has 1 aliphatic carbocycles. The van der Waals surface area contributed by atoms with Crippen LogP contribution in [0.3, 0.4) is 0 Å². The van der Waals surface area contributed by atoms with Gasteiger partial charge >= 0.3 is 0 Å². The number of hydrogen-bond donors (Lipinski definition) is 1. The second kappa shape index (κ2) is 10.3. The fourth-order valence-corrected chi connectivity index (χ4v) is 4.51. The third-order valence-corrected chi connectivity index (χ3v) is 6.45. The van der Waals surface area contributed by atoms with E-state index in [4.69, 9.17) is 21.4 Å². The maximum absolute atomic E-state index is 5.95. The molecule has 0 fully saturated rings. The molecular weight excluding hydrogens is 432 g/mol. The Morgan fingerprint density at radius 2 is 1.97 bits per heavy atom. The van der Waals surface area contributed by atoms with Crippen LogP contribution in [0.15, 0.2) is 53.8 Å². The number of anilines is 1. The number of oxime groups is 1. The second-order valence-corrected chi connectivity index (χ2v) is 9.14. The molecule has 1 aliphatic rings. The van der Waals surface area contributed by atoms with Gasteiger partial charge in [0.05, 0.1) is 17.4 Å². The number of benzene rings is 2. The minimum Gasteiger partial charge on any atom is -0.391 e. The zero-order chi connectivity index (χ0) is 23.4. The lowest BCUT2D eigenvalue weighted by Gasteiger charge is -2.20. The van der Waals surface area contributed by atoms with Gasteiger partial charge in [0.25, 0.3) is 0 Å². The number of rotatable bonds is 8. The molecule has 6 heteroatoms. The van der Waals surface area contributed by atoms with Gasteiger partial charge in [0, 0.05) is 16.8 Å².